The van der Waals surface area contributed by atoms with Gasteiger partial charge in [0.15, 0.2) is 10.9 Å². The molecule has 4 aromatic rings. The number of hydrogen-bond acceptors (Lipinski definition) is 5. The summed E-state index contributed by atoms with van der Waals surface area (Å²) in [6, 6.07) is 19.5. The molecular formula is C20H17N5OS. The Bertz CT molecular complexity index is 1060. The van der Waals surface area contributed by atoms with Crippen LogP contribution in [0.3, 0.4) is 0 Å². The number of carbonyl (C=O) groups is 1. The maximum Gasteiger partial charge on any atom is 0.263 e. The first kappa shape index (κ1) is 17.0. The van der Waals surface area contributed by atoms with Gasteiger partial charge in [0.2, 0.25) is 0 Å². The Balaban J connectivity index is 1.54. The van der Waals surface area contributed by atoms with E-state index in [2.05, 4.69) is 25.8 Å². The highest BCUT2D eigenvalue weighted by Crippen LogP contribution is 2.26. The summed E-state index contributed by atoms with van der Waals surface area (Å²) in [5.74, 6) is 0.227. The third-order valence-corrected chi connectivity index (χ3v) is 4.76. The number of thiazole rings is 1. The van der Waals surface area contributed by atoms with Gasteiger partial charge >= 0.3 is 0 Å². The molecule has 3 N–H and O–H groups in total. The summed E-state index contributed by atoms with van der Waals surface area (Å²) in [5, 5.41) is 15.6. The molecule has 0 atom stereocenters. The van der Waals surface area contributed by atoms with Gasteiger partial charge in [0.1, 0.15) is 5.56 Å². The largest absolute Gasteiger partial charge is 0.338 e. The molecule has 0 fully saturated rings. The number of carbonyl (C=O) groups excluding carboxylic acids is 1. The molecule has 2 aromatic heterocycles. The van der Waals surface area contributed by atoms with Crippen molar-refractivity contribution in [3.8, 4) is 11.3 Å². The molecular weight excluding hydrogens is 358 g/mol. The zero-order chi connectivity index (χ0) is 18.6. The van der Waals surface area contributed by atoms with E-state index in [4.69, 9.17) is 0 Å². The number of aromatic nitrogens is 3. The van der Waals surface area contributed by atoms with Gasteiger partial charge < -0.3 is 5.32 Å². The van der Waals surface area contributed by atoms with Crippen molar-refractivity contribution in [2.45, 2.75) is 6.92 Å². The molecule has 6 nitrogen and oxygen atoms in total. The van der Waals surface area contributed by atoms with E-state index < -0.39 is 0 Å². The van der Waals surface area contributed by atoms with Gasteiger partial charge in [0.25, 0.3) is 5.91 Å². The minimum Gasteiger partial charge on any atom is -0.338 e. The Kier molecular flexibility index (Phi) is 4.67. The first-order valence-electron chi connectivity index (χ1n) is 8.40. The average molecular weight is 375 g/mol. The molecule has 4 rings (SSSR count). The van der Waals surface area contributed by atoms with Gasteiger partial charge in [0, 0.05) is 22.3 Å². The van der Waals surface area contributed by atoms with Gasteiger partial charge in [-0.25, -0.2) is 4.98 Å². The Hall–Kier alpha value is -3.45. The molecule has 0 aliphatic carbocycles. The fourth-order valence-corrected chi connectivity index (χ4v) is 3.40. The van der Waals surface area contributed by atoms with Crippen LogP contribution in [-0.4, -0.2) is 21.1 Å². The van der Waals surface area contributed by atoms with Gasteiger partial charge in [-0.2, -0.15) is 5.10 Å². The van der Waals surface area contributed by atoms with Gasteiger partial charge in [-0.3, -0.25) is 15.2 Å². The molecule has 0 radical (unpaired) electrons. The summed E-state index contributed by atoms with van der Waals surface area (Å²) in [6.07, 6.45) is 0. The van der Waals surface area contributed by atoms with E-state index in [0.29, 0.717) is 22.2 Å². The molecule has 134 valence electrons. The maximum atomic E-state index is 12.8. The van der Waals surface area contributed by atoms with Crippen LogP contribution in [0.2, 0.25) is 0 Å². The van der Waals surface area contributed by atoms with E-state index in [1.807, 2.05) is 73.0 Å². The summed E-state index contributed by atoms with van der Waals surface area (Å²) in [6.45, 7) is 1.81. The van der Waals surface area contributed by atoms with Gasteiger partial charge in [-0.15, -0.1) is 11.3 Å². The number of rotatable bonds is 5. The number of anilines is 3. The SMILES string of the molecule is Cc1[nH]nc(Nc2ccccc2)c1C(=O)Nc1nc(-c2ccccc2)cs1. The van der Waals surface area contributed by atoms with Crippen molar-refractivity contribution in [3.05, 3.63) is 77.3 Å². The lowest BCUT2D eigenvalue weighted by atomic mass is 10.2. The smallest absolute Gasteiger partial charge is 0.263 e. The Labute approximate surface area is 160 Å². The van der Waals surface area contributed by atoms with Gasteiger partial charge in [-0.1, -0.05) is 48.5 Å². The topological polar surface area (TPSA) is 82.7 Å². The fraction of sp³-hybridized carbons (Fsp3) is 0.0500. The standard InChI is InChI=1S/C20H17N5OS/c1-13-17(18(25-24-13)21-15-10-6-3-7-11-15)19(26)23-20-22-16(12-27-20)14-8-4-2-5-9-14/h2-12H,1H3,(H2,21,24,25)(H,22,23,26). The van der Waals surface area contributed by atoms with Gasteiger partial charge in [-0.05, 0) is 19.1 Å². The molecule has 0 saturated carbocycles. The van der Waals surface area contributed by atoms with Crippen LogP contribution in [0.15, 0.2) is 66.0 Å². The van der Waals surface area contributed by atoms with Gasteiger partial charge in [0.05, 0.1) is 5.69 Å². The van der Waals surface area contributed by atoms with Crippen molar-refractivity contribution in [1.82, 2.24) is 15.2 Å². The Morgan fingerprint density at radius 1 is 1.04 bits per heavy atom. The predicted molar refractivity (Wildman–Crippen MR) is 109 cm³/mol. The highest BCUT2D eigenvalue weighted by Gasteiger charge is 2.19. The maximum absolute atomic E-state index is 12.8. The third kappa shape index (κ3) is 3.73. The van der Waals surface area contributed by atoms with E-state index in [0.717, 1.165) is 16.9 Å². The molecule has 0 bridgehead atoms. The summed E-state index contributed by atoms with van der Waals surface area (Å²) in [5.41, 5.74) is 3.86. The van der Waals surface area contributed by atoms with Crippen LogP contribution >= 0.6 is 11.3 Å². The molecule has 27 heavy (non-hydrogen) atoms. The van der Waals surface area contributed by atoms with Crippen molar-refractivity contribution in [2.75, 3.05) is 10.6 Å². The number of benzene rings is 2. The molecule has 0 aliphatic rings. The van der Waals surface area contributed by atoms with Crippen LogP contribution in [-0.2, 0) is 0 Å². The molecule has 7 heteroatoms. The highest BCUT2D eigenvalue weighted by atomic mass is 32.1. The second kappa shape index (κ2) is 7.43. The molecule has 1 amide bonds. The van der Waals surface area contributed by atoms with Crippen LogP contribution < -0.4 is 10.6 Å². The van der Waals surface area contributed by atoms with E-state index in [1.54, 1.807) is 0 Å². The lowest BCUT2D eigenvalue weighted by Crippen LogP contribution is -2.14. The fourth-order valence-electron chi connectivity index (χ4n) is 2.69. The van der Waals surface area contributed by atoms with Crippen molar-refractivity contribution in [3.63, 3.8) is 0 Å². The van der Waals surface area contributed by atoms with Crippen LogP contribution in [0.5, 0.6) is 0 Å². The van der Waals surface area contributed by atoms with Crippen LogP contribution in [0.25, 0.3) is 11.3 Å². The summed E-state index contributed by atoms with van der Waals surface area (Å²) in [7, 11) is 0. The van der Waals surface area contributed by atoms with E-state index in [-0.39, 0.29) is 5.91 Å². The number of hydrogen-bond donors (Lipinski definition) is 3. The number of aryl methyl sites for hydroxylation is 1. The highest BCUT2D eigenvalue weighted by molar-refractivity contribution is 7.14. The molecule has 2 heterocycles. The molecule has 0 saturated heterocycles. The molecule has 0 aliphatic heterocycles. The number of aromatic amines is 1. The number of nitrogens with zero attached hydrogens (tertiary/aromatic N) is 2. The van der Waals surface area contributed by atoms with Crippen molar-refractivity contribution in [1.29, 1.82) is 0 Å². The molecule has 2 aromatic carbocycles. The Morgan fingerprint density at radius 2 is 1.74 bits per heavy atom. The quantitative estimate of drug-likeness (QED) is 0.466. The minimum atomic E-state index is -0.256. The number of H-pyrrole nitrogens is 1. The lowest BCUT2D eigenvalue weighted by molar-refractivity contribution is 0.102. The number of para-hydroxylation sites is 1. The van der Waals surface area contributed by atoms with Crippen molar-refractivity contribution < 1.29 is 4.79 Å². The lowest BCUT2D eigenvalue weighted by Gasteiger charge is -2.06. The normalized spacial score (nSPS) is 10.6. The number of nitrogens with one attached hydrogen (secondary N) is 3. The van der Waals surface area contributed by atoms with E-state index in [1.165, 1.54) is 11.3 Å². The molecule has 0 spiro atoms. The zero-order valence-electron chi connectivity index (χ0n) is 14.6. The third-order valence-electron chi connectivity index (χ3n) is 4.01. The summed E-state index contributed by atoms with van der Waals surface area (Å²) >= 11 is 1.39. The van der Waals surface area contributed by atoms with E-state index in [9.17, 15) is 4.79 Å². The second-order valence-corrected chi connectivity index (χ2v) is 6.78. The summed E-state index contributed by atoms with van der Waals surface area (Å²) in [4.78, 5) is 17.3. The minimum absolute atomic E-state index is 0.256. The van der Waals surface area contributed by atoms with Crippen molar-refractivity contribution in [2.24, 2.45) is 0 Å². The Morgan fingerprint density at radius 3 is 2.48 bits per heavy atom. The first-order chi connectivity index (χ1) is 13.2. The number of amides is 1. The predicted octanol–water partition coefficient (Wildman–Crippen LogP) is 4.84. The van der Waals surface area contributed by atoms with E-state index >= 15 is 0 Å². The average Bonchev–Trinajstić information content (AvgIpc) is 3.30. The first-order valence-corrected chi connectivity index (χ1v) is 9.28. The van der Waals surface area contributed by atoms with Crippen LogP contribution in [0.4, 0.5) is 16.6 Å². The van der Waals surface area contributed by atoms with Crippen molar-refractivity contribution >= 4 is 33.9 Å². The molecule has 0 unspecified atom stereocenters. The summed E-state index contributed by atoms with van der Waals surface area (Å²) < 4.78 is 0. The van der Waals surface area contributed by atoms with Crippen LogP contribution in [0, 0.1) is 6.92 Å². The second-order valence-electron chi connectivity index (χ2n) is 5.92. The monoisotopic (exact) mass is 375 g/mol. The zero-order valence-corrected chi connectivity index (χ0v) is 15.4. The van der Waals surface area contributed by atoms with Crippen LogP contribution in [0.1, 0.15) is 16.1 Å².